The molecule has 2 fully saturated rings. The lowest BCUT2D eigenvalue weighted by molar-refractivity contribution is -0.124. The van der Waals surface area contributed by atoms with Crippen LogP contribution in [0.5, 0.6) is 0 Å². The average molecular weight is 334 g/mol. The van der Waals surface area contributed by atoms with Gasteiger partial charge in [-0.1, -0.05) is 6.92 Å². The van der Waals surface area contributed by atoms with Crippen LogP contribution in [-0.2, 0) is 16.0 Å². The Morgan fingerprint density at radius 2 is 2.26 bits per heavy atom. The number of carbonyl (C=O) groups excluding carboxylic acids is 1. The molecule has 6 nitrogen and oxygen atoms in total. The lowest BCUT2D eigenvalue weighted by Gasteiger charge is -2.39. The van der Waals surface area contributed by atoms with Crippen LogP contribution in [0.15, 0.2) is 11.2 Å². The van der Waals surface area contributed by atoms with Crippen molar-refractivity contribution in [3.8, 4) is 0 Å². The molecule has 3 aliphatic rings. The molecule has 4 heterocycles. The van der Waals surface area contributed by atoms with Gasteiger partial charge in [-0.05, 0) is 25.0 Å². The van der Waals surface area contributed by atoms with Crippen molar-refractivity contribution in [1.82, 2.24) is 15.3 Å². The second-order valence-electron chi connectivity index (χ2n) is 6.41. The molecular formula is C16H22N4O2S. The lowest BCUT2D eigenvalue weighted by atomic mass is 10.0. The average Bonchev–Trinajstić information content (AvgIpc) is 2.90. The second kappa shape index (κ2) is 5.94. The van der Waals surface area contributed by atoms with E-state index in [1.807, 2.05) is 18.7 Å². The van der Waals surface area contributed by atoms with E-state index < -0.39 is 5.72 Å². The van der Waals surface area contributed by atoms with E-state index in [0.29, 0.717) is 0 Å². The number of nitrogens with one attached hydrogen (secondary N) is 1. The first-order valence-electron chi connectivity index (χ1n) is 8.42. The Labute approximate surface area is 140 Å². The van der Waals surface area contributed by atoms with Crippen molar-refractivity contribution in [2.45, 2.75) is 55.8 Å². The Hall–Kier alpha value is -1.34. The molecule has 1 atom stereocenters. The number of anilines is 1. The van der Waals surface area contributed by atoms with E-state index in [2.05, 4.69) is 20.2 Å². The number of rotatable bonds is 2. The summed E-state index contributed by atoms with van der Waals surface area (Å²) < 4.78 is 6.02. The Morgan fingerprint density at radius 3 is 3.00 bits per heavy atom. The van der Waals surface area contributed by atoms with Crippen molar-refractivity contribution in [3.63, 3.8) is 0 Å². The summed E-state index contributed by atoms with van der Waals surface area (Å²) in [5.74, 6) is 2.24. The molecule has 1 aromatic heterocycles. The van der Waals surface area contributed by atoms with Crippen molar-refractivity contribution in [2.24, 2.45) is 0 Å². The van der Waals surface area contributed by atoms with E-state index in [-0.39, 0.29) is 12.0 Å². The number of hydrogen-bond donors (Lipinski definition) is 1. The van der Waals surface area contributed by atoms with E-state index in [9.17, 15) is 4.79 Å². The molecule has 7 heteroatoms. The van der Waals surface area contributed by atoms with Crippen LogP contribution in [0.1, 0.15) is 38.3 Å². The van der Waals surface area contributed by atoms with Crippen molar-refractivity contribution < 1.29 is 9.53 Å². The van der Waals surface area contributed by atoms with E-state index >= 15 is 0 Å². The molecule has 0 aliphatic carbocycles. The zero-order chi connectivity index (χ0) is 15.9. The summed E-state index contributed by atoms with van der Waals surface area (Å²) in [7, 11) is 0. The molecular weight excluding hydrogens is 312 g/mol. The van der Waals surface area contributed by atoms with Gasteiger partial charge < -0.3 is 15.0 Å². The Morgan fingerprint density at radius 1 is 1.43 bits per heavy atom. The predicted molar refractivity (Wildman–Crippen MR) is 88.6 cm³/mol. The molecule has 0 bridgehead atoms. The third-order valence-corrected chi connectivity index (χ3v) is 6.12. The van der Waals surface area contributed by atoms with Crippen LogP contribution in [0, 0.1) is 0 Å². The van der Waals surface area contributed by atoms with Crippen LogP contribution in [0.25, 0.3) is 0 Å². The van der Waals surface area contributed by atoms with Crippen LogP contribution in [0.2, 0.25) is 0 Å². The van der Waals surface area contributed by atoms with Gasteiger partial charge in [-0.3, -0.25) is 4.79 Å². The first kappa shape index (κ1) is 15.2. The molecule has 0 saturated carbocycles. The monoisotopic (exact) mass is 334 g/mol. The number of nitrogens with zero attached hydrogens (tertiary/aromatic N) is 3. The van der Waals surface area contributed by atoms with Gasteiger partial charge in [0.2, 0.25) is 0 Å². The molecule has 2 saturated heterocycles. The summed E-state index contributed by atoms with van der Waals surface area (Å²) in [6, 6.07) is 0. The van der Waals surface area contributed by atoms with Gasteiger partial charge in [0.15, 0.2) is 0 Å². The topological polar surface area (TPSA) is 67.3 Å². The van der Waals surface area contributed by atoms with E-state index in [4.69, 9.17) is 4.74 Å². The third kappa shape index (κ3) is 2.70. The van der Waals surface area contributed by atoms with E-state index in [1.54, 1.807) is 6.33 Å². The maximum absolute atomic E-state index is 11.9. The second-order valence-corrected chi connectivity index (χ2v) is 7.52. The quantitative estimate of drug-likeness (QED) is 0.888. The molecule has 4 rings (SSSR count). The summed E-state index contributed by atoms with van der Waals surface area (Å²) in [6.07, 6.45) is 5.97. The lowest BCUT2D eigenvalue weighted by Crippen LogP contribution is -2.52. The van der Waals surface area contributed by atoms with Gasteiger partial charge in [0.25, 0.3) is 5.91 Å². The molecule has 1 N–H and O–H groups in total. The highest BCUT2D eigenvalue weighted by Gasteiger charge is 2.46. The standard InChI is InChI=1S/C16H22N4O2S/c1-2-12-15(21)19-16(22-12)5-7-20(8-6-16)14-13-11(17-10-18-14)4-3-9-23-13/h10,12H,2-9H2,1H3,(H,19,21). The van der Waals surface area contributed by atoms with Crippen LogP contribution in [-0.4, -0.2) is 46.5 Å². The molecule has 1 amide bonds. The number of aryl methyl sites for hydroxylation is 1. The van der Waals surface area contributed by atoms with Crippen LogP contribution < -0.4 is 10.2 Å². The van der Waals surface area contributed by atoms with Crippen LogP contribution in [0.3, 0.4) is 0 Å². The number of thioether (sulfide) groups is 1. The highest BCUT2D eigenvalue weighted by Crippen LogP contribution is 2.38. The van der Waals surface area contributed by atoms with Gasteiger partial charge in [-0.25, -0.2) is 9.97 Å². The highest BCUT2D eigenvalue weighted by atomic mass is 32.2. The van der Waals surface area contributed by atoms with Crippen LogP contribution >= 0.6 is 11.8 Å². The number of aromatic nitrogens is 2. The summed E-state index contributed by atoms with van der Waals surface area (Å²) in [5.41, 5.74) is 0.720. The zero-order valence-electron chi connectivity index (χ0n) is 13.4. The fourth-order valence-electron chi connectivity index (χ4n) is 3.62. The van der Waals surface area contributed by atoms with E-state index in [0.717, 1.165) is 50.3 Å². The van der Waals surface area contributed by atoms with Crippen LogP contribution in [0.4, 0.5) is 5.82 Å². The number of ether oxygens (including phenoxy) is 1. The van der Waals surface area contributed by atoms with Gasteiger partial charge in [-0.15, -0.1) is 11.8 Å². The molecule has 124 valence electrons. The van der Waals surface area contributed by atoms with E-state index in [1.165, 1.54) is 17.0 Å². The maximum Gasteiger partial charge on any atom is 0.251 e. The van der Waals surface area contributed by atoms with Gasteiger partial charge in [-0.2, -0.15) is 0 Å². The minimum absolute atomic E-state index is 0.0379. The summed E-state index contributed by atoms with van der Waals surface area (Å²) in [6.45, 7) is 3.68. The SMILES string of the molecule is CCC1OC2(CCN(c3ncnc4c3SCCC4)CC2)NC1=O. The van der Waals surface area contributed by atoms with Crippen molar-refractivity contribution in [1.29, 1.82) is 0 Å². The summed E-state index contributed by atoms with van der Waals surface area (Å²) in [4.78, 5) is 24.5. The molecule has 3 aliphatic heterocycles. The van der Waals surface area contributed by atoms with Gasteiger partial charge in [0.05, 0.1) is 10.6 Å². The fourth-order valence-corrected chi connectivity index (χ4v) is 4.74. The first-order chi connectivity index (χ1) is 11.2. The summed E-state index contributed by atoms with van der Waals surface area (Å²) >= 11 is 1.87. The fraction of sp³-hybridized carbons (Fsp3) is 0.688. The maximum atomic E-state index is 11.9. The van der Waals surface area contributed by atoms with Gasteiger partial charge in [0.1, 0.15) is 24.0 Å². The normalized spacial score (nSPS) is 26.2. The molecule has 1 spiro atoms. The number of piperidine rings is 1. The Kier molecular flexibility index (Phi) is 3.93. The van der Waals surface area contributed by atoms with Gasteiger partial charge in [0, 0.05) is 25.9 Å². The first-order valence-corrected chi connectivity index (χ1v) is 9.41. The minimum Gasteiger partial charge on any atom is -0.355 e. The zero-order valence-corrected chi connectivity index (χ0v) is 14.2. The number of fused-ring (bicyclic) bond motifs is 1. The number of hydrogen-bond acceptors (Lipinski definition) is 6. The Bertz CT molecular complexity index is 616. The van der Waals surface area contributed by atoms with Gasteiger partial charge >= 0.3 is 0 Å². The molecule has 0 aromatic carbocycles. The number of carbonyl (C=O) groups is 1. The highest BCUT2D eigenvalue weighted by molar-refractivity contribution is 7.99. The molecule has 23 heavy (non-hydrogen) atoms. The molecule has 0 radical (unpaired) electrons. The Balaban J connectivity index is 1.50. The molecule has 1 aromatic rings. The number of amides is 1. The van der Waals surface area contributed by atoms with Crippen molar-refractivity contribution >= 4 is 23.5 Å². The largest absolute Gasteiger partial charge is 0.355 e. The predicted octanol–water partition coefficient (Wildman–Crippen LogP) is 1.74. The van der Waals surface area contributed by atoms with Crippen molar-refractivity contribution in [2.75, 3.05) is 23.7 Å². The third-order valence-electron chi connectivity index (χ3n) is 4.92. The van der Waals surface area contributed by atoms with Crippen molar-refractivity contribution in [3.05, 3.63) is 12.0 Å². The minimum atomic E-state index is -0.464. The molecule has 1 unspecified atom stereocenters. The smallest absolute Gasteiger partial charge is 0.251 e. The summed E-state index contributed by atoms with van der Waals surface area (Å²) in [5, 5.41) is 3.08.